The van der Waals surface area contributed by atoms with Gasteiger partial charge in [-0.25, -0.2) is 0 Å². The highest BCUT2D eigenvalue weighted by Crippen LogP contribution is 2.12. The minimum absolute atomic E-state index is 0.914. The number of hydrogen-bond acceptors (Lipinski definition) is 2. The highest BCUT2D eigenvalue weighted by molar-refractivity contribution is 5.50. The standard InChI is InChI=1S/C14H19NO/c1-16-14-8-6-13(7-9-14)5-4-12-15-10-2-3-11-15/h4-9H,2-3,10-12H2,1H3/b5-4+. The summed E-state index contributed by atoms with van der Waals surface area (Å²) in [5.74, 6) is 0.914. The van der Waals surface area contributed by atoms with Crippen LogP contribution < -0.4 is 4.74 Å². The highest BCUT2D eigenvalue weighted by Gasteiger charge is 2.08. The van der Waals surface area contributed by atoms with Crippen molar-refractivity contribution in [1.82, 2.24) is 4.90 Å². The molecular formula is C14H19NO. The van der Waals surface area contributed by atoms with Crippen LogP contribution in [0.5, 0.6) is 5.75 Å². The molecule has 0 N–H and O–H groups in total. The van der Waals surface area contributed by atoms with E-state index in [1.165, 1.54) is 31.5 Å². The summed E-state index contributed by atoms with van der Waals surface area (Å²) < 4.78 is 5.12. The van der Waals surface area contributed by atoms with Crippen molar-refractivity contribution in [3.63, 3.8) is 0 Å². The topological polar surface area (TPSA) is 12.5 Å². The first-order chi connectivity index (χ1) is 7.88. The van der Waals surface area contributed by atoms with Crippen LogP contribution in [0.2, 0.25) is 0 Å². The van der Waals surface area contributed by atoms with E-state index in [1.807, 2.05) is 12.1 Å². The van der Waals surface area contributed by atoms with E-state index in [0.717, 1.165) is 12.3 Å². The first-order valence-corrected chi connectivity index (χ1v) is 5.91. The van der Waals surface area contributed by atoms with E-state index < -0.39 is 0 Å². The summed E-state index contributed by atoms with van der Waals surface area (Å²) >= 11 is 0. The Morgan fingerprint density at radius 3 is 2.50 bits per heavy atom. The van der Waals surface area contributed by atoms with Crippen LogP contribution in [-0.2, 0) is 0 Å². The molecule has 1 aliphatic rings. The van der Waals surface area contributed by atoms with E-state index in [-0.39, 0.29) is 0 Å². The largest absolute Gasteiger partial charge is 0.497 e. The molecule has 1 aliphatic heterocycles. The number of nitrogens with zero attached hydrogens (tertiary/aromatic N) is 1. The second-order valence-electron chi connectivity index (χ2n) is 4.18. The van der Waals surface area contributed by atoms with Crippen LogP contribution in [0, 0.1) is 0 Å². The fraction of sp³-hybridized carbons (Fsp3) is 0.429. The fourth-order valence-electron chi connectivity index (χ4n) is 2.02. The summed E-state index contributed by atoms with van der Waals surface area (Å²) in [5, 5.41) is 0. The number of likely N-dealkylation sites (tertiary alicyclic amines) is 1. The molecular weight excluding hydrogens is 198 g/mol. The zero-order chi connectivity index (χ0) is 11.2. The summed E-state index contributed by atoms with van der Waals surface area (Å²) in [6.07, 6.45) is 7.14. The minimum Gasteiger partial charge on any atom is -0.497 e. The Balaban J connectivity index is 1.84. The zero-order valence-corrected chi connectivity index (χ0v) is 9.86. The molecule has 0 spiro atoms. The van der Waals surface area contributed by atoms with Crippen LogP contribution in [0.3, 0.4) is 0 Å². The molecule has 0 bridgehead atoms. The predicted molar refractivity (Wildman–Crippen MR) is 67.7 cm³/mol. The third kappa shape index (κ3) is 3.11. The molecule has 0 amide bonds. The Hall–Kier alpha value is -1.28. The lowest BCUT2D eigenvalue weighted by Crippen LogP contribution is -2.18. The van der Waals surface area contributed by atoms with E-state index in [9.17, 15) is 0 Å². The summed E-state index contributed by atoms with van der Waals surface area (Å²) in [6.45, 7) is 3.59. The van der Waals surface area contributed by atoms with Gasteiger partial charge in [0.25, 0.3) is 0 Å². The number of hydrogen-bond donors (Lipinski definition) is 0. The van der Waals surface area contributed by atoms with Gasteiger partial charge in [-0.15, -0.1) is 0 Å². The van der Waals surface area contributed by atoms with Gasteiger partial charge in [-0.1, -0.05) is 24.3 Å². The summed E-state index contributed by atoms with van der Waals surface area (Å²) in [7, 11) is 1.69. The number of ether oxygens (including phenoxy) is 1. The van der Waals surface area contributed by atoms with Gasteiger partial charge < -0.3 is 4.74 Å². The maximum atomic E-state index is 5.12. The van der Waals surface area contributed by atoms with Gasteiger partial charge in [0.2, 0.25) is 0 Å². The van der Waals surface area contributed by atoms with Gasteiger partial charge >= 0.3 is 0 Å². The van der Waals surface area contributed by atoms with Crippen molar-refractivity contribution in [2.45, 2.75) is 12.8 Å². The van der Waals surface area contributed by atoms with Gasteiger partial charge in [0.15, 0.2) is 0 Å². The Morgan fingerprint density at radius 2 is 1.88 bits per heavy atom. The molecule has 1 aromatic rings. The number of benzene rings is 1. The van der Waals surface area contributed by atoms with E-state index in [2.05, 4.69) is 29.2 Å². The van der Waals surface area contributed by atoms with E-state index in [4.69, 9.17) is 4.74 Å². The first-order valence-electron chi connectivity index (χ1n) is 5.91. The average molecular weight is 217 g/mol. The Bertz CT molecular complexity index is 336. The van der Waals surface area contributed by atoms with Crippen molar-refractivity contribution in [3.05, 3.63) is 35.9 Å². The van der Waals surface area contributed by atoms with Crippen LogP contribution in [-0.4, -0.2) is 31.6 Å². The third-order valence-corrected chi connectivity index (χ3v) is 2.99. The molecule has 16 heavy (non-hydrogen) atoms. The summed E-state index contributed by atoms with van der Waals surface area (Å²) in [6, 6.07) is 8.16. The van der Waals surface area contributed by atoms with Crippen molar-refractivity contribution < 1.29 is 4.74 Å². The molecule has 0 aliphatic carbocycles. The molecule has 0 unspecified atom stereocenters. The molecule has 1 aromatic carbocycles. The minimum atomic E-state index is 0.914. The molecule has 2 nitrogen and oxygen atoms in total. The Kier molecular flexibility index (Phi) is 4.00. The van der Waals surface area contributed by atoms with Crippen molar-refractivity contribution >= 4 is 6.08 Å². The van der Waals surface area contributed by atoms with Crippen LogP contribution in [0.25, 0.3) is 6.08 Å². The van der Waals surface area contributed by atoms with Gasteiger partial charge in [0, 0.05) is 6.54 Å². The third-order valence-electron chi connectivity index (χ3n) is 2.99. The fourth-order valence-corrected chi connectivity index (χ4v) is 2.02. The number of rotatable bonds is 4. The molecule has 0 aromatic heterocycles. The van der Waals surface area contributed by atoms with E-state index >= 15 is 0 Å². The number of methoxy groups -OCH3 is 1. The first kappa shape index (κ1) is 11.2. The lowest BCUT2D eigenvalue weighted by molar-refractivity contribution is 0.378. The Morgan fingerprint density at radius 1 is 1.19 bits per heavy atom. The van der Waals surface area contributed by atoms with Gasteiger partial charge in [-0.05, 0) is 43.6 Å². The molecule has 0 radical (unpaired) electrons. The molecule has 2 heteroatoms. The van der Waals surface area contributed by atoms with Crippen molar-refractivity contribution in [2.75, 3.05) is 26.7 Å². The molecule has 2 rings (SSSR count). The van der Waals surface area contributed by atoms with Crippen molar-refractivity contribution in [2.24, 2.45) is 0 Å². The lowest BCUT2D eigenvalue weighted by atomic mass is 10.2. The molecule has 1 saturated heterocycles. The van der Waals surface area contributed by atoms with Crippen LogP contribution in [0.4, 0.5) is 0 Å². The van der Waals surface area contributed by atoms with Gasteiger partial charge in [0.05, 0.1) is 7.11 Å². The molecule has 1 fully saturated rings. The second-order valence-corrected chi connectivity index (χ2v) is 4.18. The second kappa shape index (κ2) is 5.71. The lowest BCUT2D eigenvalue weighted by Gasteiger charge is -2.10. The van der Waals surface area contributed by atoms with E-state index in [1.54, 1.807) is 7.11 Å². The predicted octanol–water partition coefficient (Wildman–Crippen LogP) is 2.80. The van der Waals surface area contributed by atoms with Gasteiger partial charge in [0.1, 0.15) is 5.75 Å². The Labute approximate surface area is 97.5 Å². The van der Waals surface area contributed by atoms with Gasteiger partial charge in [-0.3, -0.25) is 4.90 Å². The SMILES string of the molecule is COc1ccc(/C=C/CN2CCCC2)cc1. The molecule has 1 heterocycles. The smallest absolute Gasteiger partial charge is 0.118 e. The highest BCUT2D eigenvalue weighted by atomic mass is 16.5. The molecule has 86 valence electrons. The van der Waals surface area contributed by atoms with Crippen LogP contribution in [0.1, 0.15) is 18.4 Å². The summed E-state index contributed by atoms with van der Waals surface area (Å²) in [5.41, 5.74) is 1.24. The maximum absolute atomic E-state index is 5.12. The van der Waals surface area contributed by atoms with Crippen LogP contribution in [0.15, 0.2) is 30.3 Å². The normalized spacial score (nSPS) is 17.1. The zero-order valence-electron chi connectivity index (χ0n) is 9.86. The average Bonchev–Trinajstić information content (AvgIpc) is 2.83. The van der Waals surface area contributed by atoms with Crippen molar-refractivity contribution in [1.29, 1.82) is 0 Å². The quantitative estimate of drug-likeness (QED) is 0.769. The summed E-state index contributed by atoms with van der Waals surface area (Å²) in [4.78, 5) is 2.49. The van der Waals surface area contributed by atoms with Gasteiger partial charge in [-0.2, -0.15) is 0 Å². The van der Waals surface area contributed by atoms with E-state index in [0.29, 0.717) is 0 Å². The molecule has 0 saturated carbocycles. The van der Waals surface area contributed by atoms with Crippen LogP contribution >= 0.6 is 0 Å². The maximum Gasteiger partial charge on any atom is 0.118 e. The monoisotopic (exact) mass is 217 g/mol. The van der Waals surface area contributed by atoms with Crippen molar-refractivity contribution in [3.8, 4) is 5.75 Å². The molecule has 0 atom stereocenters.